The Labute approximate surface area is 154 Å². The Morgan fingerprint density at radius 1 is 1.50 bits per heavy atom. The highest BCUT2D eigenvalue weighted by atomic mass is 32.1. The highest BCUT2D eigenvalue weighted by molar-refractivity contribution is 7.08. The molecule has 2 atom stereocenters. The van der Waals surface area contributed by atoms with Gasteiger partial charge in [0.2, 0.25) is 11.8 Å². The first-order valence-electron chi connectivity index (χ1n) is 8.57. The second-order valence-electron chi connectivity index (χ2n) is 6.97. The van der Waals surface area contributed by atoms with Crippen molar-refractivity contribution in [1.82, 2.24) is 9.88 Å². The van der Waals surface area contributed by atoms with Crippen LogP contribution in [0.3, 0.4) is 0 Å². The van der Waals surface area contributed by atoms with E-state index in [1.54, 1.807) is 23.2 Å². The normalized spacial score (nSPS) is 25.3. The average Bonchev–Trinajstić information content (AvgIpc) is 3.33. The maximum atomic E-state index is 12.8. The molecule has 4 rings (SSSR count). The number of oxazole rings is 1. The molecule has 138 valence electrons. The van der Waals surface area contributed by atoms with Gasteiger partial charge in [0.15, 0.2) is 0 Å². The number of hydrogen-bond donors (Lipinski definition) is 1. The number of nitrogens with zero attached hydrogens (tertiary/aromatic N) is 2. The molecule has 26 heavy (non-hydrogen) atoms. The summed E-state index contributed by atoms with van der Waals surface area (Å²) in [5.41, 5.74) is 0.617. The number of carboxylic acid groups (broad SMARTS) is 1. The second kappa shape index (κ2) is 6.51. The van der Waals surface area contributed by atoms with Gasteiger partial charge in [-0.15, -0.1) is 0 Å². The fourth-order valence-corrected chi connectivity index (χ4v) is 4.48. The van der Waals surface area contributed by atoms with Gasteiger partial charge in [-0.25, -0.2) is 4.98 Å². The number of thiophene rings is 1. The van der Waals surface area contributed by atoms with Crippen LogP contribution in [-0.2, 0) is 20.7 Å². The van der Waals surface area contributed by atoms with Gasteiger partial charge in [-0.1, -0.05) is 0 Å². The van der Waals surface area contributed by atoms with Crippen molar-refractivity contribution < 1.29 is 23.8 Å². The van der Waals surface area contributed by atoms with Crippen molar-refractivity contribution in [2.75, 3.05) is 26.3 Å². The van der Waals surface area contributed by atoms with Crippen molar-refractivity contribution in [2.24, 2.45) is 11.3 Å². The Balaban J connectivity index is 1.50. The van der Waals surface area contributed by atoms with Crippen molar-refractivity contribution >= 4 is 23.2 Å². The maximum absolute atomic E-state index is 12.8. The number of carbonyl (C=O) groups excluding carboxylic acids is 1. The van der Waals surface area contributed by atoms with E-state index in [-0.39, 0.29) is 24.8 Å². The van der Waals surface area contributed by atoms with Crippen LogP contribution in [0.2, 0.25) is 0 Å². The molecule has 0 aromatic carbocycles. The largest absolute Gasteiger partial charge is 0.481 e. The van der Waals surface area contributed by atoms with E-state index in [1.807, 2.05) is 16.8 Å². The smallest absolute Gasteiger partial charge is 0.311 e. The lowest BCUT2D eigenvalue weighted by Gasteiger charge is -2.33. The Bertz CT molecular complexity index is 831. The van der Waals surface area contributed by atoms with Crippen LogP contribution < -0.4 is 0 Å². The minimum Gasteiger partial charge on any atom is -0.481 e. The number of fused-ring (bicyclic) bond motifs is 1. The van der Waals surface area contributed by atoms with Crippen LogP contribution in [0.4, 0.5) is 0 Å². The molecule has 4 heterocycles. The number of rotatable bonds is 4. The zero-order valence-electron chi connectivity index (χ0n) is 14.4. The van der Waals surface area contributed by atoms with E-state index in [4.69, 9.17) is 9.15 Å². The van der Waals surface area contributed by atoms with Crippen molar-refractivity contribution in [3.05, 3.63) is 28.3 Å². The minimum absolute atomic E-state index is 0.114. The molecule has 2 fully saturated rings. The van der Waals surface area contributed by atoms with Crippen LogP contribution in [0.25, 0.3) is 11.5 Å². The van der Waals surface area contributed by atoms with Crippen LogP contribution in [0.1, 0.15) is 17.9 Å². The fourth-order valence-electron chi connectivity index (χ4n) is 3.85. The SMILES string of the molecule is Cc1oc(-c2ccsc2)nc1CC(=O)N1C[C@H]2COCC[C@@]2(C(=O)O)C1. The van der Waals surface area contributed by atoms with Crippen molar-refractivity contribution in [3.63, 3.8) is 0 Å². The summed E-state index contributed by atoms with van der Waals surface area (Å²) in [7, 11) is 0. The van der Waals surface area contributed by atoms with Crippen molar-refractivity contribution in [2.45, 2.75) is 19.8 Å². The van der Waals surface area contributed by atoms with Crippen LogP contribution >= 0.6 is 11.3 Å². The van der Waals surface area contributed by atoms with Crippen molar-refractivity contribution in [3.8, 4) is 11.5 Å². The maximum Gasteiger partial charge on any atom is 0.311 e. The molecule has 2 saturated heterocycles. The molecule has 0 saturated carbocycles. The van der Waals surface area contributed by atoms with Gasteiger partial charge < -0.3 is 19.2 Å². The molecule has 2 aromatic heterocycles. The van der Waals surface area contributed by atoms with Gasteiger partial charge in [-0.2, -0.15) is 11.3 Å². The van der Waals surface area contributed by atoms with Crippen molar-refractivity contribution in [1.29, 1.82) is 0 Å². The molecule has 0 bridgehead atoms. The highest BCUT2D eigenvalue weighted by Gasteiger charge is 2.54. The van der Waals surface area contributed by atoms with E-state index in [1.165, 1.54) is 0 Å². The van der Waals surface area contributed by atoms with E-state index in [0.717, 1.165) is 5.56 Å². The molecule has 2 aromatic rings. The number of hydrogen-bond acceptors (Lipinski definition) is 6. The van der Waals surface area contributed by atoms with E-state index >= 15 is 0 Å². The van der Waals surface area contributed by atoms with E-state index < -0.39 is 11.4 Å². The molecule has 7 nitrogen and oxygen atoms in total. The molecule has 1 N–H and O–H groups in total. The molecule has 2 aliphatic rings. The zero-order valence-corrected chi connectivity index (χ0v) is 15.3. The van der Waals surface area contributed by atoms with Gasteiger partial charge in [-0.05, 0) is 24.8 Å². The lowest BCUT2D eigenvalue weighted by molar-refractivity contribution is -0.157. The van der Waals surface area contributed by atoms with Crippen LogP contribution in [0.15, 0.2) is 21.2 Å². The molecule has 2 aliphatic heterocycles. The quantitative estimate of drug-likeness (QED) is 0.879. The molecule has 0 aliphatic carbocycles. The zero-order chi connectivity index (χ0) is 18.3. The van der Waals surface area contributed by atoms with Gasteiger partial charge in [-0.3, -0.25) is 9.59 Å². The van der Waals surface area contributed by atoms with Gasteiger partial charge in [0.05, 0.1) is 24.1 Å². The lowest BCUT2D eigenvalue weighted by atomic mass is 9.74. The first-order chi connectivity index (χ1) is 12.5. The average molecular weight is 376 g/mol. The van der Waals surface area contributed by atoms with Gasteiger partial charge in [0, 0.05) is 36.6 Å². The Hall–Kier alpha value is -2.19. The van der Waals surface area contributed by atoms with Gasteiger partial charge >= 0.3 is 5.97 Å². The summed E-state index contributed by atoms with van der Waals surface area (Å²) >= 11 is 1.55. The van der Waals surface area contributed by atoms with E-state index in [2.05, 4.69) is 4.98 Å². The third kappa shape index (κ3) is 2.83. The number of aryl methyl sites for hydroxylation is 1. The second-order valence-corrected chi connectivity index (χ2v) is 7.75. The predicted octanol–water partition coefficient (Wildman–Crippen LogP) is 2.20. The number of amides is 1. The highest BCUT2D eigenvalue weighted by Crippen LogP contribution is 2.42. The first-order valence-corrected chi connectivity index (χ1v) is 9.52. The Morgan fingerprint density at radius 2 is 2.35 bits per heavy atom. The molecule has 0 radical (unpaired) electrons. The number of likely N-dealkylation sites (tertiary alicyclic amines) is 1. The molecule has 0 unspecified atom stereocenters. The summed E-state index contributed by atoms with van der Waals surface area (Å²) in [6, 6.07) is 1.92. The number of aromatic nitrogens is 1. The number of ether oxygens (including phenoxy) is 1. The van der Waals surface area contributed by atoms with Gasteiger partial charge in [0.1, 0.15) is 5.76 Å². The van der Waals surface area contributed by atoms with Crippen LogP contribution in [0.5, 0.6) is 0 Å². The first kappa shape index (κ1) is 17.2. The molecular formula is C18H20N2O5S. The fraction of sp³-hybridized carbons (Fsp3) is 0.500. The van der Waals surface area contributed by atoms with Gasteiger partial charge in [0.25, 0.3) is 0 Å². The van der Waals surface area contributed by atoms with Crippen LogP contribution in [-0.4, -0.2) is 53.2 Å². The summed E-state index contributed by atoms with van der Waals surface area (Å²) < 4.78 is 11.1. The Kier molecular flexibility index (Phi) is 4.32. The topological polar surface area (TPSA) is 92.9 Å². The third-order valence-electron chi connectivity index (χ3n) is 5.46. The minimum atomic E-state index is -0.880. The lowest BCUT2D eigenvalue weighted by Crippen LogP contribution is -2.45. The summed E-state index contributed by atoms with van der Waals surface area (Å²) in [6.45, 7) is 3.27. The summed E-state index contributed by atoms with van der Waals surface area (Å²) in [4.78, 5) is 30.7. The van der Waals surface area contributed by atoms with Crippen LogP contribution in [0, 0.1) is 18.3 Å². The third-order valence-corrected chi connectivity index (χ3v) is 6.15. The number of aliphatic carboxylic acids is 1. The molecule has 8 heteroatoms. The standard InChI is InChI=1S/C18H20N2O5S/c1-11-14(19-16(25-11)12-2-5-26-9-12)6-15(21)20-7-13-8-24-4-3-18(13,10-20)17(22)23/h2,5,9,13H,3-4,6-8,10H2,1H3,(H,22,23)/t13-,18+/m0/s1. The summed E-state index contributed by atoms with van der Waals surface area (Å²) in [5.74, 6) is 0.0220. The summed E-state index contributed by atoms with van der Waals surface area (Å²) in [5, 5.41) is 13.6. The number of carboxylic acids is 1. The summed E-state index contributed by atoms with van der Waals surface area (Å²) in [6.07, 6.45) is 0.560. The van der Waals surface area contributed by atoms with E-state index in [0.29, 0.717) is 43.5 Å². The molecular weight excluding hydrogens is 356 g/mol. The number of carbonyl (C=O) groups is 2. The molecule has 1 amide bonds. The monoisotopic (exact) mass is 376 g/mol. The Morgan fingerprint density at radius 3 is 3.04 bits per heavy atom. The molecule has 0 spiro atoms. The predicted molar refractivity (Wildman–Crippen MR) is 93.8 cm³/mol. The van der Waals surface area contributed by atoms with E-state index in [9.17, 15) is 14.7 Å².